The fourth-order valence-corrected chi connectivity index (χ4v) is 3.03. The zero-order valence-electron chi connectivity index (χ0n) is 12.6. The minimum Gasteiger partial charge on any atom is -0.421 e. The van der Waals surface area contributed by atoms with Crippen molar-refractivity contribution in [3.05, 3.63) is 71.8 Å². The van der Waals surface area contributed by atoms with Crippen LogP contribution in [0.5, 0.6) is 11.8 Å². The molecule has 0 radical (unpaired) electrons. The van der Waals surface area contributed by atoms with Gasteiger partial charge in [-0.15, -0.1) is 0 Å². The average molecular weight is 380 g/mol. The Hall–Kier alpha value is -2.71. The highest BCUT2D eigenvalue weighted by atomic mass is 35.5. The van der Waals surface area contributed by atoms with E-state index in [9.17, 15) is 12.8 Å². The van der Waals surface area contributed by atoms with Gasteiger partial charge in [-0.05, 0) is 36.4 Å². The number of nitrogens with one attached hydrogen (secondary N) is 1. The Kier molecular flexibility index (Phi) is 4.82. The number of nitrogens with zero attached hydrogens (tertiary/aromatic N) is 2. The van der Waals surface area contributed by atoms with Crippen LogP contribution in [0, 0.1) is 5.82 Å². The maximum Gasteiger partial charge on any atom is 0.322 e. The Bertz CT molecular complexity index is 980. The van der Waals surface area contributed by atoms with Gasteiger partial charge in [-0.2, -0.15) is 0 Å². The van der Waals surface area contributed by atoms with Crippen molar-refractivity contribution < 1.29 is 17.5 Å². The van der Waals surface area contributed by atoms with E-state index in [-0.39, 0.29) is 22.3 Å². The summed E-state index contributed by atoms with van der Waals surface area (Å²) in [5, 5.41) is 0.428. The zero-order valence-corrected chi connectivity index (χ0v) is 14.1. The Morgan fingerprint density at radius 2 is 1.64 bits per heavy atom. The van der Waals surface area contributed by atoms with Crippen molar-refractivity contribution in [1.82, 2.24) is 9.97 Å². The fourth-order valence-electron chi connectivity index (χ4n) is 1.88. The van der Waals surface area contributed by atoms with Crippen molar-refractivity contribution in [2.45, 2.75) is 4.90 Å². The molecule has 2 aromatic carbocycles. The summed E-state index contributed by atoms with van der Waals surface area (Å²) in [6.45, 7) is 0. The van der Waals surface area contributed by atoms with Crippen LogP contribution >= 0.6 is 11.6 Å². The van der Waals surface area contributed by atoms with Crippen molar-refractivity contribution in [2.75, 3.05) is 4.72 Å². The average Bonchev–Trinajstić information content (AvgIpc) is 2.59. The number of sulfonamides is 1. The molecule has 0 saturated carbocycles. The molecule has 1 N–H and O–H groups in total. The Labute approximate surface area is 148 Å². The van der Waals surface area contributed by atoms with Crippen LogP contribution in [0.2, 0.25) is 5.02 Å². The number of rotatable bonds is 5. The molecule has 0 spiro atoms. The van der Waals surface area contributed by atoms with Gasteiger partial charge in [0.15, 0.2) is 11.6 Å². The van der Waals surface area contributed by atoms with E-state index in [1.807, 2.05) is 0 Å². The highest BCUT2D eigenvalue weighted by Crippen LogP contribution is 2.22. The molecule has 0 aliphatic carbocycles. The van der Waals surface area contributed by atoms with Crippen LogP contribution < -0.4 is 9.46 Å². The Morgan fingerprint density at radius 3 is 2.28 bits per heavy atom. The van der Waals surface area contributed by atoms with Crippen LogP contribution in [-0.2, 0) is 10.0 Å². The lowest BCUT2D eigenvalue weighted by Crippen LogP contribution is -2.13. The number of ether oxygens (including phenoxy) is 1. The second kappa shape index (κ2) is 7.04. The molecular formula is C16H11ClFN3O3S. The Morgan fingerprint density at radius 1 is 1.00 bits per heavy atom. The quantitative estimate of drug-likeness (QED) is 0.728. The Balaban J connectivity index is 1.74. The van der Waals surface area contributed by atoms with Crippen molar-refractivity contribution in [2.24, 2.45) is 0 Å². The van der Waals surface area contributed by atoms with Gasteiger partial charge in [0.2, 0.25) is 0 Å². The highest BCUT2D eigenvalue weighted by Gasteiger charge is 2.15. The van der Waals surface area contributed by atoms with E-state index in [1.165, 1.54) is 54.9 Å². The summed E-state index contributed by atoms with van der Waals surface area (Å²) in [6.07, 6.45) is 2.44. The molecule has 0 fully saturated rings. The van der Waals surface area contributed by atoms with Gasteiger partial charge in [0.25, 0.3) is 10.0 Å². The van der Waals surface area contributed by atoms with Crippen LogP contribution in [0.25, 0.3) is 0 Å². The number of hydrogen-bond acceptors (Lipinski definition) is 5. The third-order valence-electron chi connectivity index (χ3n) is 3.04. The summed E-state index contributed by atoms with van der Waals surface area (Å²) < 4.78 is 45.5. The molecule has 9 heteroatoms. The van der Waals surface area contributed by atoms with Crippen molar-refractivity contribution >= 4 is 27.3 Å². The van der Waals surface area contributed by atoms with Gasteiger partial charge in [0.1, 0.15) is 0 Å². The summed E-state index contributed by atoms with van der Waals surface area (Å²) in [4.78, 5) is 7.76. The number of anilines is 1. The number of halogens is 2. The standard InChI is InChI=1S/C16H11ClFN3O3S/c17-11-5-7-13(8-6-11)25(22,23)21-12-9-19-16(20-10-12)24-15-4-2-1-3-14(15)18/h1-10,21H. The molecule has 0 aliphatic heterocycles. The summed E-state index contributed by atoms with van der Waals surface area (Å²) in [5.41, 5.74) is 0.135. The van der Waals surface area contributed by atoms with E-state index < -0.39 is 15.8 Å². The number of benzene rings is 2. The first-order valence-electron chi connectivity index (χ1n) is 6.97. The minimum atomic E-state index is -3.80. The molecule has 1 aromatic heterocycles. The molecule has 0 bridgehead atoms. The van der Waals surface area contributed by atoms with Gasteiger partial charge < -0.3 is 4.74 Å². The zero-order chi connectivity index (χ0) is 17.9. The predicted molar refractivity (Wildman–Crippen MR) is 90.8 cm³/mol. The smallest absolute Gasteiger partial charge is 0.322 e. The van der Waals surface area contributed by atoms with E-state index in [0.29, 0.717) is 5.02 Å². The molecule has 0 amide bonds. The van der Waals surface area contributed by atoms with Crippen molar-refractivity contribution in [1.29, 1.82) is 0 Å². The lowest BCUT2D eigenvalue weighted by Gasteiger charge is -2.08. The fraction of sp³-hybridized carbons (Fsp3) is 0. The summed E-state index contributed by atoms with van der Waals surface area (Å²) in [6, 6.07) is 11.4. The van der Waals surface area contributed by atoms with Crippen LogP contribution in [0.1, 0.15) is 0 Å². The number of hydrogen-bond donors (Lipinski definition) is 1. The van der Waals surface area contributed by atoms with Gasteiger partial charge in [-0.25, -0.2) is 22.8 Å². The first-order chi connectivity index (χ1) is 11.9. The van der Waals surface area contributed by atoms with Gasteiger partial charge in [0, 0.05) is 5.02 Å². The third-order valence-corrected chi connectivity index (χ3v) is 4.69. The third kappa shape index (κ3) is 4.23. The molecule has 0 aliphatic rings. The predicted octanol–water partition coefficient (Wildman–Crippen LogP) is 3.86. The molecule has 0 atom stereocenters. The van der Waals surface area contributed by atoms with E-state index in [4.69, 9.17) is 16.3 Å². The van der Waals surface area contributed by atoms with Gasteiger partial charge in [-0.3, -0.25) is 4.72 Å². The molecule has 1 heterocycles. The molecule has 128 valence electrons. The first-order valence-corrected chi connectivity index (χ1v) is 8.83. The first kappa shape index (κ1) is 17.1. The molecular weight excluding hydrogens is 369 g/mol. The second-order valence-corrected chi connectivity index (χ2v) is 6.97. The van der Waals surface area contributed by atoms with Crippen molar-refractivity contribution in [3.8, 4) is 11.8 Å². The van der Waals surface area contributed by atoms with E-state index in [2.05, 4.69) is 14.7 Å². The normalized spacial score (nSPS) is 11.1. The number of aromatic nitrogens is 2. The second-order valence-electron chi connectivity index (χ2n) is 4.85. The van der Waals surface area contributed by atoms with E-state index in [0.717, 1.165) is 0 Å². The molecule has 3 aromatic rings. The molecule has 25 heavy (non-hydrogen) atoms. The maximum atomic E-state index is 13.5. The topological polar surface area (TPSA) is 81.2 Å². The largest absolute Gasteiger partial charge is 0.421 e. The molecule has 0 saturated heterocycles. The van der Waals surface area contributed by atoms with Crippen LogP contribution in [-0.4, -0.2) is 18.4 Å². The number of para-hydroxylation sites is 1. The molecule has 0 unspecified atom stereocenters. The highest BCUT2D eigenvalue weighted by molar-refractivity contribution is 7.92. The van der Waals surface area contributed by atoms with E-state index >= 15 is 0 Å². The summed E-state index contributed by atoms with van der Waals surface area (Å²) in [5.74, 6) is -0.587. The van der Waals surface area contributed by atoms with Gasteiger partial charge in [-0.1, -0.05) is 23.7 Å². The lowest BCUT2D eigenvalue weighted by molar-refractivity contribution is 0.411. The van der Waals surface area contributed by atoms with Crippen molar-refractivity contribution in [3.63, 3.8) is 0 Å². The van der Waals surface area contributed by atoms with E-state index in [1.54, 1.807) is 6.07 Å². The lowest BCUT2D eigenvalue weighted by atomic mass is 10.3. The summed E-state index contributed by atoms with van der Waals surface area (Å²) >= 11 is 5.74. The van der Waals surface area contributed by atoms with Crippen LogP contribution in [0.4, 0.5) is 10.1 Å². The minimum absolute atomic E-state index is 0.0306. The SMILES string of the molecule is O=S(=O)(Nc1cnc(Oc2ccccc2F)nc1)c1ccc(Cl)cc1. The maximum absolute atomic E-state index is 13.5. The monoisotopic (exact) mass is 379 g/mol. The van der Waals surface area contributed by atoms with Crippen LogP contribution in [0.15, 0.2) is 65.8 Å². The molecule has 3 rings (SSSR count). The van der Waals surface area contributed by atoms with Gasteiger partial charge >= 0.3 is 6.01 Å². The summed E-state index contributed by atoms with van der Waals surface area (Å²) in [7, 11) is -3.80. The van der Waals surface area contributed by atoms with Crippen LogP contribution in [0.3, 0.4) is 0 Å². The molecule has 6 nitrogen and oxygen atoms in total. The van der Waals surface area contributed by atoms with Gasteiger partial charge in [0.05, 0.1) is 23.0 Å².